The molecule has 0 spiro atoms. The highest BCUT2D eigenvalue weighted by Gasteiger charge is 2.30. The van der Waals surface area contributed by atoms with E-state index in [0.29, 0.717) is 5.41 Å². The molecular weight excluding hydrogens is 1430 g/mol. The Bertz CT molecular complexity index is 5150. The van der Waals surface area contributed by atoms with E-state index in [2.05, 4.69) is 333 Å². The zero-order chi connectivity index (χ0) is 83.8. The van der Waals surface area contributed by atoms with Gasteiger partial charge >= 0.3 is 4.87 Å². The van der Waals surface area contributed by atoms with Crippen molar-refractivity contribution in [2.75, 3.05) is 20.6 Å². The maximum absolute atomic E-state index is 13.6. The third-order valence-corrected chi connectivity index (χ3v) is 23.2. The van der Waals surface area contributed by atoms with E-state index in [-0.39, 0.29) is 48.6 Å². The number of hydrogen-bond donors (Lipinski definition) is 2. The van der Waals surface area contributed by atoms with Crippen LogP contribution in [0.1, 0.15) is 298 Å². The normalized spacial score (nSPS) is 14.4. The van der Waals surface area contributed by atoms with Gasteiger partial charge in [-0.15, -0.1) is 0 Å². The molecule has 0 atom stereocenters. The number of fused-ring (bicyclic) bond motifs is 8. The predicted octanol–water partition coefficient (Wildman–Crippen LogP) is 28.7. The number of imidazole rings is 1. The van der Waals surface area contributed by atoms with Crippen molar-refractivity contribution >= 4 is 79.1 Å². The summed E-state index contributed by atoms with van der Waals surface area (Å²) in [6, 6.07) is 49.4. The number of likely N-dealkylation sites (N-methyl/N-ethyl adjacent to an activating group) is 1. The highest BCUT2D eigenvalue weighted by atomic mass is 35.5. The highest BCUT2D eigenvalue weighted by Crippen LogP contribution is 2.43. The number of allylic oxidation sites excluding steroid dienone is 5. The van der Waals surface area contributed by atoms with Crippen LogP contribution in [-0.4, -0.2) is 46.7 Å². The van der Waals surface area contributed by atoms with E-state index < -0.39 is 0 Å². The molecule has 0 saturated heterocycles. The topological polar surface area (TPSA) is 77.1 Å². The van der Waals surface area contributed by atoms with Gasteiger partial charge in [-0.3, -0.25) is 9.79 Å². The van der Waals surface area contributed by atoms with Crippen molar-refractivity contribution in [3.63, 3.8) is 0 Å². The minimum absolute atomic E-state index is 0.0147. The van der Waals surface area contributed by atoms with E-state index in [0.717, 1.165) is 87.2 Å². The SMILES string of the molecule is CC(C)(C)c1c(Cl)ccc2[nH]cnc12.CC(C)(C)c1cccc2[nH]c(=O)sc12.CC(C)(C)c1cccc2c1C(F)=CC2.CC(C)(C)c1cccc2c1C=CC2.CC(C)(C)c1cccc2c1CCC2.CC(C)(C)c1cccc2c1N=CC2.CCCC1=CCc2cccc(C(C)(C)C)c21.CN(C)CC1=CCc2cccc(C(C)(C)C)c21. The summed E-state index contributed by atoms with van der Waals surface area (Å²) >= 11 is 7.49. The Labute approximate surface area is 695 Å². The van der Waals surface area contributed by atoms with Crippen LogP contribution in [0.2, 0.25) is 5.02 Å². The number of aryl methyl sites for hydroxylation is 1. The van der Waals surface area contributed by atoms with Gasteiger partial charge in [0.05, 0.1) is 33.3 Å². The van der Waals surface area contributed by atoms with Gasteiger partial charge in [0.15, 0.2) is 0 Å². The first-order valence-electron chi connectivity index (χ1n) is 41.7. The standard InChI is InChI=1S/C16H23N.C16H22.C13H15F.C13H18.C13H16.C12H15N.C11H13ClN2.C11H13NOS/c1-16(2,3)14-8-6-7-12-9-10-13(15(12)14)11-17(4)5;1-5-7-12-10-11-13-8-6-9-14(15(12)13)16(2,3)4;1-13(2,3)10-6-4-5-9-7-8-11(14)12(9)10;2*1-13(2,3)12-9-5-7-10-6-4-8-11(10)12;1-12(2,3)10-6-4-5-9-7-8-13-11(9)10;1-11(2,3)9-7(12)4-5-8-10(9)14-6-13-8;1-11(2,3)7-5-4-6-8-9(7)14-10(13)12-8/h6-8,10H,9,11H2,1-5H3;6,8-10H,5,7,11H2,1-4H3;4-6,8H,7H2,1-3H3;5,7,9H,4,6,8H2,1-3H3;4-5,7-9H,6H2,1-3H3;4-6,8H,7H2,1-3H3;4-6H,1-3H3,(H,13,14);4-6H,1-3H3,(H,12,13). The van der Waals surface area contributed by atoms with Crippen molar-refractivity contribution in [3.8, 4) is 0 Å². The van der Waals surface area contributed by atoms with Crippen LogP contribution in [0.3, 0.4) is 0 Å². The largest absolute Gasteiger partial charge is 0.345 e. The fourth-order valence-corrected chi connectivity index (χ4v) is 18.0. The van der Waals surface area contributed by atoms with Crippen LogP contribution in [-0.2, 0) is 88.3 Å². The van der Waals surface area contributed by atoms with Crippen LogP contribution >= 0.6 is 22.9 Å². The lowest BCUT2D eigenvalue weighted by Crippen LogP contribution is -2.18. The number of aromatic nitrogens is 3. The molecule has 0 bridgehead atoms. The molecule has 2 N–H and O–H groups in total. The van der Waals surface area contributed by atoms with Crippen molar-refractivity contribution < 1.29 is 4.39 Å². The number of aliphatic imine (C=N–C) groups is 1. The molecule has 1 aliphatic heterocycles. The molecule has 6 aliphatic rings. The molecule has 0 amide bonds. The summed E-state index contributed by atoms with van der Waals surface area (Å²) in [5.41, 5.74) is 35.0. The molecule has 2 aromatic heterocycles. The second kappa shape index (κ2) is 36.5. The molecule has 606 valence electrons. The summed E-state index contributed by atoms with van der Waals surface area (Å²) in [6.45, 7) is 56.8. The van der Waals surface area contributed by atoms with Gasteiger partial charge in [0.25, 0.3) is 0 Å². The zero-order valence-electron chi connectivity index (χ0n) is 74.5. The number of nitrogens with one attached hydrogen (secondary N) is 2. The average molecular weight is 1570 g/mol. The van der Waals surface area contributed by atoms with Gasteiger partial charge in [-0.05, 0) is 239 Å². The second-order valence-corrected chi connectivity index (χ2v) is 41.5. The number of halogens is 2. The van der Waals surface area contributed by atoms with Gasteiger partial charge < -0.3 is 14.9 Å². The molecule has 114 heavy (non-hydrogen) atoms. The third-order valence-electron chi connectivity index (χ3n) is 22.0. The number of aromatic amines is 2. The van der Waals surface area contributed by atoms with Gasteiger partial charge in [-0.2, -0.15) is 0 Å². The minimum atomic E-state index is -0.0504. The molecule has 0 fully saturated rings. The van der Waals surface area contributed by atoms with E-state index in [4.69, 9.17) is 11.6 Å². The Morgan fingerprint density at radius 3 is 1.47 bits per heavy atom. The summed E-state index contributed by atoms with van der Waals surface area (Å²) in [5, 5.41) is 0.789. The average Bonchev–Trinajstić information content (AvgIpc) is 1.58. The molecule has 6 nitrogen and oxygen atoms in total. The zero-order valence-corrected chi connectivity index (χ0v) is 76.1. The quantitative estimate of drug-likeness (QED) is 0.184. The smallest absolute Gasteiger partial charge is 0.305 e. The van der Waals surface area contributed by atoms with Crippen molar-refractivity contribution in [1.29, 1.82) is 0 Å². The fraction of sp³-hybridized carbons (Fsp3) is 0.438. The molecule has 5 aliphatic carbocycles. The molecule has 8 aromatic carbocycles. The third kappa shape index (κ3) is 22.5. The van der Waals surface area contributed by atoms with Crippen molar-refractivity contribution in [3.05, 3.63) is 291 Å². The Hall–Kier alpha value is -8.27. The lowest BCUT2D eigenvalue weighted by atomic mass is 9.81. The van der Waals surface area contributed by atoms with Crippen molar-refractivity contribution in [2.45, 2.75) is 281 Å². The van der Waals surface area contributed by atoms with E-state index in [1.54, 1.807) is 40.2 Å². The van der Waals surface area contributed by atoms with Gasteiger partial charge in [0.1, 0.15) is 5.83 Å². The van der Waals surface area contributed by atoms with Crippen LogP contribution < -0.4 is 4.87 Å². The minimum Gasteiger partial charge on any atom is -0.345 e. The molecule has 10 aromatic rings. The number of nitrogens with zero attached hydrogens (tertiary/aromatic N) is 3. The van der Waals surface area contributed by atoms with Crippen LogP contribution in [0.25, 0.3) is 44.3 Å². The molecule has 16 rings (SSSR count). The van der Waals surface area contributed by atoms with Crippen molar-refractivity contribution in [1.82, 2.24) is 19.9 Å². The number of thiazole rings is 1. The monoisotopic (exact) mass is 1570 g/mol. The fourth-order valence-electron chi connectivity index (χ4n) is 16.5. The maximum Gasteiger partial charge on any atom is 0.305 e. The summed E-state index contributed by atoms with van der Waals surface area (Å²) in [5.74, 6) is -0.0504. The Morgan fingerprint density at radius 1 is 0.465 bits per heavy atom. The Balaban J connectivity index is 0.000000149. The predicted molar refractivity (Wildman–Crippen MR) is 498 cm³/mol. The summed E-state index contributed by atoms with van der Waals surface area (Å²) < 4.78 is 14.7. The summed E-state index contributed by atoms with van der Waals surface area (Å²) in [6.07, 6.45) is 26.2. The summed E-state index contributed by atoms with van der Waals surface area (Å²) in [4.78, 5) is 28.2. The molecule has 0 unspecified atom stereocenters. The van der Waals surface area contributed by atoms with Gasteiger partial charge in [0.2, 0.25) is 0 Å². The first-order chi connectivity index (χ1) is 53.2. The first kappa shape index (κ1) is 89.7. The van der Waals surface area contributed by atoms with Crippen LogP contribution in [0.15, 0.2) is 180 Å². The Kier molecular flexibility index (Phi) is 28.7. The maximum atomic E-state index is 13.6. The van der Waals surface area contributed by atoms with E-state index in [9.17, 15) is 9.18 Å². The molecule has 9 heteroatoms. The molecule has 0 radical (unpaired) electrons. The number of para-hydroxylation sites is 1. The van der Waals surface area contributed by atoms with Crippen molar-refractivity contribution in [2.24, 2.45) is 4.99 Å². The highest BCUT2D eigenvalue weighted by molar-refractivity contribution is 7.16. The number of benzene rings is 8. The van der Waals surface area contributed by atoms with Crippen LogP contribution in [0.5, 0.6) is 0 Å². The first-order valence-corrected chi connectivity index (χ1v) is 42.9. The number of hydrogen-bond acceptors (Lipinski definition) is 5. The van der Waals surface area contributed by atoms with Gasteiger partial charge in [0, 0.05) is 35.3 Å². The van der Waals surface area contributed by atoms with Gasteiger partial charge in [-0.1, -0.05) is 348 Å². The van der Waals surface area contributed by atoms with E-state index >= 15 is 0 Å². The lowest BCUT2D eigenvalue weighted by molar-refractivity contribution is 0.462. The summed E-state index contributed by atoms with van der Waals surface area (Å²) in [7, 11) is 4.27. The Morgan fingerprint density at radius 2 is 0.930 bits per heavy atom. The van der Waals surface area contributed by atoms with Crippen LogP contribution in [0, 0.1) is 0 Å². The number of H-pyrrole nitrogens is 2. The van der Waals surface area contributed by atoms with Gasteiger partial charge in [-0.25, -0.2) is 9.37 Å². The lowest BCUT2D eigenvalue weighted by Gasteiger charge is -2.25. The molecule has 3 heterocycles. The van der Waals surface area contributed by atoms with E-state index in [1.807, 2.05) is 48.7 Å². The number of rotatable bonds is 4. The molecular formula is C105H135ClFN5OS. The second-order valence-electron chi connectivity index (χ2n) is 40.2. The van der Waals surface area contributed by atoms with E-state index in [1.165, 1.54) is 116 Å². The molecule has 0 saturated carbocycles. The van der Waals surface area contributed by atoms with Crippen LogP contribution in [0.4, 0.5) is 10.1 Å².